The van der Waals surface area contributed by atoms with Crippen molar-refractivity contribution in [2.75, 3.05) is 0 Å². The van der Waals surface area contributed by atoms with Gasteiger partial charge in [0.2, 0.25) is 0 Å². The Hall–Kier alpha value is -1.88. The maximum Gasteiger partial charge on any atom is 0.408 e. The molecule has 0 fully saturated rings. The Morgan fingerprint density at radius 2 is 2.22 bits per heavy atom. The first-order valence-electron chi connectivity index (χ1n) is 5.62. The Bertz CT molecular complexity index is 485. The lowest BCUT2D eigenvalue weighted by Crippen LogP contribution is -2.27. The molecule has 0 saturated heterocycles. The van der Waals surface area contributed by atoms with Gasteiger partial charge in [0, 0.05) is 11.6 Å². The Morgan fingerprint density at radius 1 is 1.44 bits per heavy atom. The molecule has 5 heteroatoms. The number of nitrogens with zero attached hydrogens (tertiary/aromatic N) is 1. The third-order valence-electron chi connectivity index (χ3n) is 2.37. The molecule has 1 atom stereocenters. The van der Waals surface area contributed by atoms with E-state index in [1.165, 1.54) is 11.3 Å². The van der Waals surface area contributed by atoms with Crippen molar-refractivity contribution in [3.63, 3.8) is 0 Å². The first-order chi connectivity index (χ1) is 8.75. The van der Waals surface area contributed by atoms with Crippen molar-refractivity contribution < 1.29 is 9.53 Å². The maximum absolute atomic E-state index is 11.6. The summed E-state index contributed by atoms with van der Waals surface area (Å²) >= 11 is 1.51. The highest BCUT2D eigenvalue weighted by atomic mass is 32.1. The van der Waals surface area contributed by atoms with Crippen LogP contribution < -0.4 is 5.32 Å². The molecule has 94 valence electrons. The van der Waals surface area contributed by atoms with Gasteiger partial charge < -0.3 is 10.1 Å². The number of ether oxygens (including phenoxy) is 1. The van der Waals surface area contributed by atoms with E-state index in [-0.39, 0.29) is 12.6 Å². The van der Waals surface area contributed by atoms with Gasteiger partial charge in [0.1, 0.15) is 11.6 Å². The Labute approximate surface area is 110 Å². The zero-order valence-electron chi connectivity index (χ0n) is 10.00. The summed E-state index contributed by atoms with van der Waals surface area (Å²) in [7, 11) is 0. The van der Waals surface area contributed by atoms with Crippen LogP contribution in [0.15, 0.2) is 41.9 Å². The Morgan fingerprint density at radius 3 is 2.89 bits per heavy atom. The summed E-state index contributed by atoms with van der Waals surface area (Å²) in [6, 6.07) is 9.44. The van der Waals surface area contributed by atoms with Crippen LogP contribution in [0.4, 0.5) is 4.79 Å². The normalized spacial score (nSPS) is 11.8. The SMILES string of the molecule is C[C@H](NC(=O)OCc1ccccc1)c1nccs1. The monoisotopic (exact) mass is 262 g/mol. The minimum absolute atomic E-state index is 0.131. The van der Waals surface area contributed by atoms with Gasteiger partial charge in [-0.1, -0.05) is 30.3 Å². The molecule has 2 aromatic rings. The van der Waals surface area contributed by atoms with Crippen molar-refractivity contribution >= 4 is 17.4 Å². The van der Waals surface area contributed by atoms with E-state index < -0.39 is 6.09 Å². The highest BCUT2D eigenvalue weighted by Gasteiger charge is 2.12. The molecule has 0 radical (unpaired) electrons. The summed E-state index contributed by atoms with van der Waals surface area (Å²) in [6.07, 6.45) is 1.29. The zero-order valence-corrected chi connectivity index (χ0v) is 10.8. The second kappa shape index (κ2) is 6.16. The molecular formula is C13H14N2O2S. The van der Waals surface area contributed by atoms with Crippen molar-refractivity contribution in [2.24, 2.45) is 0 Å². The lowest BCUT2D eigenvalue weighted by molar-refractivity contribution is 0.136. The van der Waals surface area contributed by atoms with E-state index in [0.29, 0.717) is 0 Å². The number of rotatable bonds is 4. The summed E-state index contributed by atoms with van der Waals surface area (Å²) < 4.78 is 5.12. The molecule has 0 aliphatic heterocycles. The van der Waals surface area contributed by atoms with Gasteiger partial charge in [0.15, 0.2) is 0 Å². The van der Waals surface area contributed by atoms with E-state index in [2.05, 4.69) is 10.3 Å². The second-order valence-corrected chi connectivity index (χ2v) is 4.72. The quantitative estimate of drug-likeness (QED) is 0.921. The first-order valence-corrected chi connectivity index (χ1v) is 6.50. The highest BCUT2D eigenvalue weighted by molar-refractivity contribution is 7.09. The van der Waals surface area contributed by atoms with Crippen LogP contribution in [0.1, 0.15) is 23.5 Å². The lowest BCUT2D eigenvalue weighted by Gasteiger charge is -2.11. The topological polar surface area (TPSA) is 51.2 Å². The number of hydrogen-bond donors (Lipinski definition) is 1. The van der Waals surface area contributed by atoms with Crippen molar-refractivity contribution in [2.45, 2.75) is 19.6 Å². The summed E-state index contributed by atoms with van der Waals surface area (Å²) in [4.78, 5) is 15.7. The van der Waals surface area contributed by atoms with Gasteiger partial charge in [-0.3, -0.25) is 0 Å². The third kappa shape index (κ3) is 3.56. The van der Waals surface area contributed by atoms with E-state index in [1.54, 1.807) is 6.20 Å². The van der Waals surface area contributed by atoms with Crippen molar-refractivity contribution in [1.82, 2.24) is 10.3 Å². The number of thiazole rings is 1. The van der Waals surface area contributed by atoms with Gasteiger partial charge in [-0.25, -0.2) is 9.78 Å². The van der Waals surface area contributed by atoms with E-state index in [1.807, 2.05) is 42.6 Å². The number of nitrogens with one attached hydrogen (secondary N) is 1. The zero-order chi connectivity index (χ0) is 12.8. The Kier molecular flexibility index (Phi) is 4.30. The average molecular weight is 262 g/mol. The molecule has 0 aliphatic carbocycles. The Balaban J connectivity index is 1.79. The van der Waals surface area contributed by atoms with Gasteiger partial charge in [-0.2, -0.15) is 0 Å². The van der Waals surface area contributed by atoms with E-state index in [0.717, 1.165) is 10.6 Å². The van der Waals surface area contributed by atoms with Crippen LogP contribution >= 0.6 is 11.3 Å². The molecule has 0 saturated carbocycles. The first kappa shape index (κ1) is 12.6. The number of amides is 1. The number of benzene rings is 1. The van der Waals surface area contributed by atoms with Crippen LogP contribution in [0.5, 0.6) is 0 Å². The maximum atomic E-state index is 11.6. The standard InChI is InChI=1S/C13H14N2O2S/c1-10(12-14-7-8-18-12)15-13(16)17-9-11-5-3-2-4-6-11/h2-8,10H,9H2,1H3,(H,15,16)/t10-/m0/s1. The predicted molar refractivity (Wildman–Crippen MR) is 70.3 cm³/mol. The molecule has 2 rings (SSSR count). The fourth-order valence-electron chi connectivity index (χ4n) is 1.45. The van der Waals surface area contributed by atoms with Crippen LogP contribution in [0.25, 0.3) is 0 Å². The number of carbonyl (C=O) groups excluding carboxylic acids is 1. The van der Waals surface area contributed by atoms with Crippen LogP contribution in [-0.2, 0) is 11.3 Å². The smallest absolute Gasteiger partial charge is 0.408 e. The van der Waals surface area contributed by atoms with Crippen LogP contribution in [-0.4, -0.2) is 11.1 Å². The fraction of sp³-hybridized carbons (Fsp3) is 0.231. The molecule has 0 bridgehead atoms. The van der Waals surface area contributed by atoms with Crippen LogP contribution in [0, 0.1) is 0 Å². The average Bonchev–Trinajstić information content (AvgIpc) is 2.91. The molecule has 1 heterocycles. The number of aromatic nitrogens is 1. The van der Waals surface area contributed by atoms with E-state index in [4.69, 9.17) is 4.74 Å². The van der Waals surface area contributed by atoms with Crippen molar-refractivity contribution in [1.29, 1.82) is 0 Å². The van der Waals surface area contributed by atoms with E-state index >= 15 is 0 Å². The van der Waals surface area contributed by atoms with Crippen molar-refractivity contribution in [3.8, 4) is 0 Å². The minimum atomic E-state index is -0.429. The number of alkyl carbamates (subject to hydrolysis) is 1. The van der Waals surface area contributed by atoms with Gasteiger partial charge in [0.25, 0.3) is 0 Å². The highest BCUT2D eigenvalue weighted by Crippen LogP contribution is 2.14. The molecule has 4 nitrogen and oxygen atoms in total. The molecule has 1 N–H and O–H groups in total. The summed E-state index contributed by atoms with van der Waals surface area (Å²) in [5.41, 5.74) is 0.967. The molecule has 1 amide bonds. The van der Waals surface area contributed by atoms with Gasteiger partial charge >= 0.3 is 6.09 Å². The number of hydrogen-bond acceptors (Lipinski definition) is 4. The predicted octanol–water partition coefficient (Wildman–Crippen LogP) is 3.13. The van der Waals surface area contributed by atoms with Gasteiger partial charge in [0.05, 0.1) is 6.04 Å². The molecule has 0 spiro atoms. The third-order valence-corrected chi connectivity index (χ3v) is 3.33. The molecule has 0 aliphatic rings. The minimum Gasteiger partial charge on any atom is -0.445 e. The summed E-state index contributed by atoms with van der Waals surface area (Å²) in [5, 5.41) is 5.48. The van der Waals surface area contributed by atoms with Gasteiger partial charge in [-0.05, 0) is 12.5 Å². The van der Waals surface area contributed by atoms with Crippen LogP contribution in [0.3, 0.4) is 0 Å². The van der Waals surface area contributed by atoms with Crippen molar-refractivity contribution in [3.05, 3.63) is 52.5 Å². The summed E-state index contributed by atoms with van der Waals surface area (Å²) in [5.74, 6) is 0. The van der Waals surface area contributed by atoms with Crippen LogP contribution in [0.2, 0.25) is 0 Å². The van der Waals surface area contributed by atoms with E-state index in [9.17, 15) is 4.79 Å². The number of carbonyl (C=O) groups is 1. The largest absolute Gasteiger partial charge is 0.445 e. The lowest BCUT2D eigenvalue weighted by atomic mass is 10.2. The molecule has 1 aromatic heterocycles. The molecule has 18 heavy (non-hydrogen) atoms. The molecular weight excluding hydrogens is 248 g/mol. The second-order valence-electron chi connectivity index (χ2n) is 3.80. The fourth-order valence-corrected chi connectivity index (χ4v) is 2.10. The molecule has 1 aromatic carbocycles. The molecule has 0 unspecified atom stereocenters. The van der Waals surface area contributed by atoms with Gasteiger partial charge in [-0.15, -0.1) is 11.3 Å². The summed E-state index contributed by atoms with van der Waals surface area (Å²) in [6.45, 7) is 2.15.